The highest BCUT2D eigenvalue weighted by atomic mass is 17.2. The summed E-state index contributed by atoms with van der Waals surface area (Å²) in [4.78, 5) is 12.0. The van der Waals surface area contributed by atoms with Crippen LogP contribution in [0.4, 0.5) is 0 Å². The van der Waals surface area contributed by atoms with E-state index in [-0.39, 0.29) is 11.9 Å². The summed E-state index contributed by atoms with van der Waals surface area (Å²) in [5.74, 6) is -1.64. The lowest BCUT2D eigenvalue weighted by molar-refractivity contribution is -0.188. The summed E-state index contributed by atoms with van der Waals surface area (Å²) in [5, 5.41) is 0. The van der Waals surface area contributed by atoms with Gasteiger partial charge in [-0.25, -0.2) is 0 Å². The summed E-state index contributed by atoms with van der Waals surface area (Å²) in [6, 6.07) is 0. The quantitative estimate of drug-likeness (QED) is 0.500. The maximum absolute atomic E-state index is 12.0. The smallest absolute Gasteiger partial charge is 0.399 e. The fraction of sp³-hybridized carbons (Fsp3) is 0.667. The number of ether oxygens (including phenoxy) is 4. The molecule has 1 spiro atoms. The van der Waals surface area contributed by atoms with E-state index in [1.54, 1.807) is 0 Å². The molecule has 1 aliphatic carbocycles. The van der Waals surface area contributed by atoms with Crippen LogP contribution in [0.15, 0.2) is 11.8 Å². The van der Waals surface area contributed by atoms with Crippen LogP contribution in [0.5, 0.6) is 0 Å². The molecular weight excluding hydrogens is 188 g/mol. The van der Waals surface area contributed by atoms with Gasteiger partial charge in [-0.05, 0) is 18.9 Å². The number of hydrogen-bond acceptors (Lipinski definition) is 5. The van der Waals surface area contributed by atoms with E-state index in [1.165, 1.54) is 0 Å². The minimum Gasteiger partial charge on any atom is -0.436 e. The topological polar surface area (TPSA) is 63.9 Å². The normalized spacial score (nSPS) is 65.0. The lowest BCUT2D eigenvalue weighted by Gasteiger charge is -2.18. The lowest BCUT2D eigenvalue weighted by atomic mass is 9.87. The van der Waals surface area contributed by atoms with Gasteiger partial charge in [0.15, 0.2) is 0 Å². The summed E-state index contributed by atoms with van der Waals surface area (Å²) in [5.41, 5.74) is -0.839. The third-order valence-electron chi connectivity index (χ3n) is 3.61. The van der Waals surface area contributed by atoms with E-state index in [9.17, 15) is 4.79 Å². The highest BCUT2D eigenvalue weighted by Crippen LogP contribution is 2.76. The van der Waals surface area contributed by atoms with Gasteiger partial charge in [-0.15, -0.1) is 0 Å². The van der Waals surface area contributed by atoms with Gasteiger partial charge in [0, 0.05) is 0 Å². The third-order valence-corrected chi connectivity index (χ3v) is 3.61. The van der Waals surface area contributed by atoms with Crippen molar-refractivity contribution in [3.63, 3.8) is 0 Å². The van der Waals surface area contributed by atoms with Crippen molar-refractivity contribution >= 4 is 5.78 Å². The molecule has 2 atom stereocenters. The zero-order valence-corrected chi connectivity index (χ0v) is 7.11. The van der Waals surface area contributed by atoms with Gasteiger partial charge in [-0.3, -0.25) is 14.3 Å². The minimum absolute atomic E-state index is 0.0178. The molecule has 0 N–H and O–H groups in total. The first-order valence-electron chi connectivity index (χ1n) is 4.76. The van der Waals surface area contributed by atoms with Crippen molar-refractivity contribution < 1.29 is 23.7 Å². The molecule has 4 saturated heterocycles. The van der Waals surface area contributed by atoms with E-state index in [4.69, 9.17) is 18.9 Å². The zero-order chi connectivity index (χ0) is 9.18. The largest absolute Gasteiger partial charge is 0.436 e. The fourth-order valence-corrected chi connectivity index (χ4v) is 2.68. The average Bonchev–Trinajstić information content (AvgIpc) is 2.96. The minimum atomic E-state index is -1.09. The molecule has 72 valence electrons. The average molecular weight is 194 g/mol. The van der Waals surface area contributed by atoms with Gasteiger partial charge in [0.25, 0.3) is 0 Å². The van der Waals surface area contributed by atoms with Crippen LogP contribution in [0, 0.1) is 0 Å². The third kappa shape index (κ3) is 0.386. The molecule has 0 aromatic heterocycles. The van der Waals surface area contributed by atoms with Crippen LogP contribution in [0.1, 0.15) is 12.8 Å². The number of ketones is 1. The maximum Gasteiger partial charge on any atom is 0.399 e. The van der Waals surface area contributed by atoms with Gasteiger partial charge in [0.2, 0.25) is 11.4 Å². The first kappa shape index (κ1) is 6.55. The summed E-state index contributed by atoms with van der Waals surface area (Å²) in [6.07, 6.45) is 3.65. The first-order valence-corrected chi connectivity index (χ1v) is 4.76. The van der Waals surface area contributed by atoms with Crippen molar-refractivity contribution in [2.75, 3.05) is 0 Å². The SMILES string of the molecule is O=C1C23OC2CCC=C3OC23OC12O3. The molecule has 0 aromatic carbocycles. The molecule has 4 aliphatic heterocycles. The Morgan fingerprint density at radius 3 is 3.14 bits per heavy atom. The number of Topliss-reactive ketones (excluding diaryl/α,β-unsaturated/α-hetero) is 1. The van der Waals surface area contributed by atoms with E-state index >= 15 is 0 Å². The highest BCUT2D eigenvalue weighted by Gasteiger charge is 3.05. The van der Waals surface area contributed by atoms with Crippen molar-refractivity contribution in [2.24, 2.45) is 0 Å². The molecule has 0 saturated carbocycles. The molecule has 4 heterocycles. The number of hydrogen-bond donors (Lipinski definition) is 0. The Hall–Kier alpha value is -0.910. The first-order chi connectivity index (χ1) is 6.74. The molecule has 0 bridgehead atoms. The van der Waals surface area contributed by atoms with Crippen molar-refractivity contribution in [3.8, 4) is 0 Å². The van der Waals surface area contributed by atoms with Crippen LogP contribution in [0.2, 0.25) is 0 Å². The van der Waals surface area contributed by atoms with E-state index in [0.29, 0.717) is 5.76 Å². The van der Waals surface area contributed by atoms with Crippen LogP contribution in [0.3, 0.4) is 0 Å². The molecule has 5 nitrogen and oxygen atoms in total. The molecular formula is C9H6O5. The predicted octanol–water partition coefficient (Wildman–Crippen LogP) is -0.189. The zero-order valence-electron chi connectivity index (χ0n) is 7.11. The molecule has 5 heteroatoms. The second kappa shape index (κ2) is 1.36. The Balaban J connectivity index is 1.76. The number of carbonyl (C=O) groups is 1. The second-order valence-electron chi connectivity index (χ2n) is 4.30. The van der Waals surface area contributed by atoms with Gasteiger partial charge in [0.1, 0.15) is 11.9 Å². The number of epoxide rings is 3. The molecule has 4 fully saturated rings. The van der Waals surface area contributed by atoms with Crippen LogP contribution >= 0.6 is 0 Å². The van der Waals surface area contributed by atoms with E-state index in [0.717, 1.165) is 12.8 Å². The molecule has 14 heavy (non-hydrogen) atoms. The summed E-state index contributed by atoms with van der Waals surface area (Å²) in [6.45, 7) is 0. The Kier molecular flexibility index (Phi) is 0.635. The van der Waals surface area contributed by atoms with Crippen LogP contribution in [-0.2, 0) is 23.7 Å². The van der Waals surface area contributed by atoms with Gasteiger partial charge in [-0.2, -0.15) is 0 Å². The number of rotatable bonds is 0. The fourth-order valence-electron chi connectivity index (χ4n) is 2.68. The van der Waals surface area contributed by atoms with Crippen molar-refractivity contribution in [2.45, 2.75) is 36.3 Å². The summed E-state index contributed by atoms with van der Waals surface area (Å²) in [7, 11) is 0. The van der Waals surface area contributed by atoms with Crippen LogP contribution < -0.4 is 0 Å². The Morgan fingerprint density at radius 2 is 2.29 bits per heavy atom. The van der Waals surface area contributed by atoms with E-state index < -0.39 is 17.4 Å². The van der Waals surface area contributed by atoms with Gasteiger partial charge < -0.3 is 9.47 Å². The van der Waals surface area contributed by atoms with Crippen LogP contribution in [0.25, 0.3) is 0 Å². The Bertz CT molecular complexity index is 432. The molecule has 2 unspecified atom stereocenters. The standard InChI is InChI=1S/C9H6O5/c10-6-7-4(11-7)2-1-3-5(7)12-9-8(6,13-9)14-9/h3-4H,1-2H2. The van der Waals surface area contributed by atoms with Crippen molar-refractivity contribution in [1.29, 1.82) is 0 Å². The lowest BCUT2D eigenvalue weighted by Crippen LogP contribution is -2.41. The van der Waals surface area contributed by atoms with Gasteiger partial charge in [-0.1, -0.05) is 0 Å². The Labute approximate surface area is 78.6 Å². The Morgan fingerprint density at radius 1 is 1.43 bits per heavy atom. The monoisotopic (exact) mass is 194 g/mol. The molecule has 5 aliphatic rings. The second-order valence-corrected chi connectivity index (χ2v) is 4.30. The molecule has 0 amide bonds. The van der Waals surface area contributed by atoms with Gasteiger partial charge >= 0.3 is 11.8 Å². The van der Waals surface area contributed by atoms with Crippen molar-refractivity contribution in [1.82, 2.24) is 0 Å². The van der Waals surface area contributed by atoms with Gasteiger partial charge in [0.05, 0.1) is 0 Å². The highest BCUT2D eigenvalue weighted by molar-refractivity contribution is 6.05. The molecule has 0 aromatic rings. The van der Waals surface area contributed by atoms with E-state index in [2.05, 4.69) is 0 Å². The van der Waals surface area contributed by atoms with Crippen molar-refractivity contribution in [3.05, 3.63) is 11.8 Å². The summed E-state index contributed by atoms with van der Waals surface area (Å²) < 4.78 is 21.2. The predicted molar refractivity (Wildman–Crippen MR) is 38.6 cm³/mol. The molecule has 0 radical (unpaired) electrons. The molecule has 5 rings (SSSR count). The van der Waals surface area contributed by atoms with E-state index in [1.807, 2.05) is 6.08 Å². The van der Waals surface area contributed by atoms with Crippen LogP contribution in [-0.4, -0.2) is 29.2 Å². The number of allylic oxidation sites excluding steroid dienone is 1. The maximum atomic E-state index is 12.0. The summed E-state index contributed by atoms with van der Waals surface area (Å²) >= 11 is 0. The number of carbonyl (C=O) groups excluding carboxylic acids is 1.